The van der Waals surface area contributed by atoms with Crippen molar-refractivity contribution in [2.75, 3.05) is 0 Å². The van der Waals surface area contributed by atoms with Gasteiger partial charge in [0.05, 0.1) is 5.69 Å². The van der Waals surface area contributed by atoms with Crippen molar-refractivity contribution in [2.45, 2.75) is 6.92 Å². The van der Waals surface area contributed by atoms with E-state index >= 15 is 0 Å². The van der Waals surface area contributed by atoms with Crippen LogP contribution in [-0.4, -0.2) is 10.2 Å². The molecule has 1 heterocycles. The van der Waals surface area contributed by atoms with E-state index in [9.17, 15) is 0 Å². The zero-order valence-electron chi connectivity index (χ0n) is 7.99. The molecule has 0 saturated heterocycles. The van der Waals surface area contributed by atoms with Crippen molar-refractivity contribution in [3.8, 4) is 6.07 Å². The van der Waals surface area contributed by atoms with Crippen molar-refractivity contribution in [3.63, 3.8) is 0 Å². The lowest BCUT2D eigenvalue weighted by Crippen LogP contribution is -1.79. The van der Waals surface area contributed by atoms with E-state index in [1.165, 1.54) is 0 Å². The number of H-pyrrole nitrogens is 1. The van der Waals surface area contributed by atoms with Gasteiger partial charge in [0.15, 0.2) is 5.69 Å². The Labute approximate surface area is 83.1 Å². The number of aromatic amines is 1. The van der Waals surface area contributed by atoms with Crippen LogP contribution in [0.2, 0.25) is 0 Å². The second-order valence-corrected chi connectivity index (χ2v) is 2.64. The first kappa shape index (κ1) is 10.0. The zero-order chi connectivity index (χ0) is 10.4. The Morgan fingerprint density at radius 3 is 3.00 bits per heavy atom. The Morgan fingerprint density at radius 1 is 1.71 bits per heavy atom. The van der Waals surface area contributed by atoms with E-state index in [0.717, 1.165) is 11.3 Å². The SMILES string of the molecule is C=C/C=C(\C=C/C)c1cc(C#N)n[nH]1. The topological polar surface area (TPSA) is 52.5 Å². The van der Waals surface area contributed by atoms with Crippen molar-refractivity contribution in [3.05, 3.63) is 48.3 Å². The molecule has 1 N–H and O–H groups in total. The molecule has 0 unspecified atom stereocenters. The van der Waals surface area contributed by atoms with E-state index < -0.39 is 0 Å². The van der Waals surface area contributed by atoms with E-state index in [2.05, 4.69) is 16.8 Å². The van der Waals surface area contributed by atoms with Crippen LogP contribution in [-0.2, 0) is 0 Å². The lowest BCUT2D eigenvalue weighted by Gasteiger charge is -1.94. The first-order valence-corrected chi connectivity index (χ1v) is 4.23. The van der Waals surface area contributed by atoms with Gasteiger partial charge in [0.2, 0.25) is 0 Å². The minimum absolute atomic E-state index is 0.388. The van der Waals surface area contributed by atoms with Gasteiger partial charge in [0.1, 0.15) is 6.07 Å². The van der Waals surface area contributed by atoms with Crippen LogP contribution in [0.4, 0.5) is 0 Å². The van der Waals surface area contributed by atoms with E-state index in [-0.39, 0.29) is 0 Å². The zero-order valence-corrected chi connectivity index (χ0v) is 7.99. The molecular weight excluding hydrogens is 174 g/mol. The fourth-order valence-corrected chi connectivity index (χ4v) is 1.07. The van der Waals surface area contributed by atoms with Gasteiger partial charge in [-0.2, -0.15) is 10.4 Å². The second kappa shape index (κ2) is 4.83. The van der Waals surface area contributed by atoms with Crippen molar-refractivity contribution < 1.29 is 0 Å². The fraction of sp³-hybridized carbons (Fsp3) is 0.0909. The molecule has 0 radical (unpaired) electrons. The maximum absolute atomic E-state index is 8.60. The van der Waals surface area contributed by atoms with Gasteiger partial charge in [0, 0.05) is 6.07 Å². The van der Waals surface area contributed by atoms with Gasteiger partial charge in [0.25, 0.3) is 0 Å². The maximum atomic E-state index is 8.60. The number of hydrogen-bond acceptors (Lipinski definition) is 2. The molecule has 1 aromatic heterocycles. The summed E-state index contributed by atoms with van der Waals surface area (Å²) in [5.74, 6) is 0. The van der Waals surface area contributed by atoms with Crippen molar-refractivity contribution in [2.24, 2.45) is 0 Å². The van der Waals surface area contributed by atoms with Crippen LogP contribution < -0.4 is 0 Å². The lowest BCUT2D eigenvalue weighted by molar-refractivity contribution is 1.06. The van der Waals surface area contributed by atoms with Crippen molar-refractivity contribution >= 4 is 5.57 Å². The van der Waals surface area contributed by atoms with E-state index in [4.69, 9.17) is 5.26 Å². The Morgan fingerprint density at radius 2 is 2.50 bits per heavy atom. The Bertz CT molecular complexity index is 416. The van der Waals surface area contributed by atoms with Crippen LogP contribution in [0.25, 0.3) is 5.57 Å². The maximum Gasteiger partial charge on any atom is 0.162 e. The van der Waals surface area contributed by atoms with Crippen LogP contribution in [0, 0.1) is 11.3 Å². The molecule has 70 valence electrons. The molecule has 0 aliphatic rings. The molecule has 3 nitrogen and oxygen atoms in total. The van der Waals surface area contributed by atoms with Gasteiger partial charge in [-0.25, -0.2) is 0 Å². The number of nitriles is 1. The fourth-order valence-electron chi connectivity index (χ4n) is 1.07. The van der Waals surface area contributed by atoms with Gasteiger partial charge in [-0.05, 0) is 12.5 Å². The molecule has 1 aromatic rings. The van der Waals surface area contributed by atoms with Crippen molar-refractivity contribution in [1.29, 1.82) is 5.26 Å². The van der Waals surface area contributed by atoms with Crippen LogP contribution in [0.3, 0.4) is 0 Å². The molecule has 1 rings (SSSR count). The number of nitrogens with one attached hydrogen (secondary N) is 1. The molecule has 14 heavy (non-hydrogen) atoms. The molecule has 0 saturated carbocycles. The summed E-state index contributed by atoms with van der Waals surface area (Å²) >= 11 is 0. The molecule has 0 amide bonds. The number of rotatable bonds is 3. The monoisotopic (exact) mass is 185 g/mol. The molecular formula is C11H11N3. The quantitative estimate of drug-likeness (QED) is 0.735. The second-order valence-electron chi connectivity index (χ2n) is 2.64. The van der Waals surface area contributed by atoms with Gasteiger partial charge in [-0.1, -0.05) is 30.9 Å². The predicted octanol–water partition coefficient (Wildman–Crippen LogP) is 2.43. The summed E-state index contributed by atoms with van der Waals surface area (Å²) in [6.45, 7) is 5.55. The molecule has 0 fully saturated rings. The number of allylic oxidation sites excluding steroid dienone is 5. The first-order chi connectivity index (χ1) is 6.81. The average Bonchev–Trinajstić information content (AvgIpc) is 2.65. The summed E-state index contributed by atoms with van der Waals surface area (Å²) in [7, 11) is 0. The number of nitrogens with zero attached hydrogens (tertiary/aromatic N) is 2. The van der Waals surface area contributed by atoms with E-state index in [1.54, 1.807) is 12.1 Å². The van der Waals surface area contributed by atoms with Crippen LogP contribution >= 0.6 is 0 Å². The minimum atomic E-state index is 0.388. The average molecular weight is 185 g/mol. The largest absolute Gasteiger partial charge is 0.277 e. The molecule has 0 bridgehead atoms. The van der Waals surface area contributed by atoms with E-state index in [1.807, 2.05) is 31.2 Å². The predicted molar refractivity (Wildman–Crippen MR) is 56.3 cm³/mol. The molecule has 0 spiro atoms. The van der Waals surface area contributed by atoms with Crippen LogP contribution in [0.1, 0.15) is 18.3 Å². The Kier molecular flexibility index (Phi) is 3.45. The van der Waals surface area contributed by atoms with Gasteiger partial charge in [-0.3, -0.25) is 5.10 Å². The third-order valence-corrected chi connectivity index (χ3v) is 1.65. The summed E-state index contributed by atoms with van der Waals surface area (Å²) in [6.07, 6.45) is 7.40. The first-order valence-electron chi connectivity index (χ1n) is 4.23. The van der Waals surface area contributed by atoms with Gasteiger partial charge < -0.3 is 0 Å². The highest BCUT2D eigenvalue weighted by Gasteiger charge is 2.01. The van der Waals surface area contributed by atoms with Crippen molar-refractivity contribution in [1.82, 2.24) is 10.2 Å². The van der Waals surface area contributed by atoms with Gasteiger partial charge in [-0.15, -0.1) is 0 Å². The molecule has 0 aliphatic heterocycles. The van der Waals surface area contributed by atoms with E-state index in [0.29, 0.717) is 5.69 Å². The van der Waals surface area contributed by atoms with Crippen LogP contribution in [0.15, 0.2) is 36.9 Å². The minimum Gasteiger partial charge on any atom is -0.277 e. The third kappa shape index (κ3) is 2.20. The summed E-state index contributed by atoms with van der Waals surface area (Å²) in [4.78, 5) is 0. The third-order valence-electron chi connectivity index (χ3n) is 1.65. The number of aromatic nitrogens is 2. The standard InChI is InChI=1S/C11H11N3/c1-3-5-9(6-4-2)11-7-10(8-12)13-14-11/h3-7H,1H2,2H3,(H,13,14)/b6-4-,9-5+. The number of hydrogen-bond donors (Lipinski definition) is 1. The van der Waals surface area contributed by atoms with Crippen LogP contribution in [0.5, 0.6) is 0 Å². The summed E-state index contributed by atoms with van der Waals surface area (Å²) in [6, 6.07) is 3.67. The molecule has 3 heteroatoms. The Balaban J connectivity index is 3.06. The molecule has 0 aromatic carbocycles. The highest BCUT2D eigenvalue weighted by atomic mass is 15.1. The lowest BCUT2D eigenvalue weighted by atomic mass is 10.1. The molecule has 0 aliphatic carbocycles. The summed E-state index contributed by atoms with van der Waals surface area (Å²) in [5.41, 5.74) is 2.16. The smallest absolute Gasteiger partial charge is 0.162 e. The Hall–Kier alpha value is -2.08. The molecule has 0 atom stereocenters. The van der Waals surface area contributed by atoms with Gasteiger partial charge >= 0.3 is 0 Å². The normalized spacial score (nSPS) is 11.6. The summed E-state index contributed by atoms with van der Waals surface area (Å²) in [5, 5.41) is 15.2. The highest BCUT2D eigenvalue weighted by Crippen LogP contribution is 2.14. The summed E-state index contributed by atoms with van der Waals surface area (Å²) < 4.78 is 0. The highest BCUT2D eigenvalue weighted by molar-refractivity contribution is 5.73.